The molecule has 1 saturated carbocycles. The van der Waals surface area contributed by atoms with E-state index in [2.05, 4.69) is 0 Å². The number of aryl methyl sites for hydroxylation is 1. The molecule has 3 heteroatoms. The Balaban J connectivity index is 2.16. The van der Waals surface area contributed by atoms with E-state index in [4.69, 9.17) is 11.6 Å². The zero-order valence-electron chi connectivity index (χ0n) is 11.0. The first-order chi connectivity index (χ1) is 9.13. The van der Waals surface area contributed by atoms with Crippen LogP contribution in [-0.4, -0.2) is 11.1 Å². The second-order valence-corrected chi connectivity index (χ2v) is 6.33. The molecule has 0 amide bonds. The Kier molecular flexibility index (Phi) is 3.30. The smallest absolute Gasteiger partial charge is 0.314 e. The minimum atomic E-state index is -0.683. The van der Waals surface area contributed by atoms with Crippen molar-refractivity contribution in [1.82, 2.24) is 0 Å². The van der Waals surface area contributed by atoms with Crippen molar-refractivity contribution >= 4 is 17.6 Å². The number of hydrogen-bond donors (Lipinski definition) is 1. The van der Waals surface area contributed by atoms with Gasteiger partial charge in [0.1, 0.15) is 0 Å². The molecule has 1 aromatic rings. The summed E-state index contributed by atoms with van der Waals surface area (Å²) in [7, 11) is 0. The number of hydrogen-bond acceptors (Lipinski definition) is 1. The van der Waals surface area contributed by atoms with Gasteiger partial charge in [0.2, 0.25) is 0 Å². The lowest BCUT2D eigenvalue weighted by Gasteiger charge is -2.35. The first-order valence-corrected chi connectivity index (χ1v) is 7.56. The predicted octanol–water partition coefficient (Wildman–Crippen LogP) is 4.12. The van der Waals surface area contributed by atoms with Crippen LogP contribution in [0.2, 0.25) is 5.02 Å². The molecule has 1 N–H and O–H groups in total. The van der Waals surface area contributed by atoms with Gasteiger partial charge >= 0.3 is 5.97 Å². The minimum absolute atomic E-state index is 0.663. The number of halogens is 1. The van der Waals surface area contributed by atoms with Crippen LogP contribution in [0, 0.1) is 0 Å². The monoisotopic (exact) mass is 278 g/mol. The normalized spacial score (nSPS) is 21.1. The molecule has 0 unspecified atom stereocenters. The fourth-order valence-electron chi connectivity index (χ4n) is 3.85. The second-order valence-electron chi connectivity index (χ2n) is 5.89. The summed E-state index contributed by atoms with van der Waals surface area (Å²) in [6.07, 6.45) is 7.86. The molecule has 1 fully saturated rings. The number of benzene rings is 1. The van der Waals surface area contributed by atoms with Crippen LogP contribution in [0.3, 0.4) is 0 Å². The summed E-state index contributed by atoms with van der Waals surface area (Å²) in [5.41, 5.74) is 2.87. The molecule has 19 heavy (non-hydrogen) atoms. The van der Waals surface area contributed by atoms with Gasteiger partial charge in [-0.1, -0.05) is 30.9 Å². The zero-order valence-corrected chi connectivity index (χ0v) is 11.8. The van der Waals surface area contributed by atoms with E-state index in [1.165, 1.54) is 11.1 Å². The lowest BCUT2D eigenvalue weighted by Crippen LogP contribution is -2.38. The number of rotatable bonds is 2. The van der Waals surface area contributed by atoms with Gasteiger partial charge in [0.05, 0.1) is 5.41 Å². The second kappa shape index (κ2) is 4.82. The molecule has 3 rings (SSSR count). The Bertz CT molecular complexity index is 516. The van der Waals surface area contributed by atoms with E-state index in [0.29, 0.717) is 5.02 Å². The maximum atomic E-state index is 11.9. The van der Waals surface area contributed by atoms with E-state index in [1.807, 2.05) is 12.1 Å². The SMILES string of the molecule is O=C(O)C1(c2cc(Cl)cc3c2CCC3)CCCCC1. The van der Waals surface area contributed by atoms with Crippen molar-refractivity contribution in [2.24, 2.45) is 0 Å². The minimum Gasteiger partial charge on any atom is -0.481 e. The van der Waals surface area contributed by atoms with Gasteiger partial charge in [0.25, 0.3) is 0 Å². The van der Waals surface area contributed by atoms with Crippen molar-refractivity contribution in [3.05, 3.63) is 33.8 Å². The Labute approximate surface area is 118 Å². The highest BCUT2D eigenvalue weighted by atomic mass is 35.5. The average molecular weight is 279 g/mol. The maximum Gasteiger partial charge on any atom is 0.314 e. The molecule has 1 aromatic carbocycles. The first-order valence-electron chi connectivity index (χ1n) is 7.19. The summed E-state index contributed by atoms with van der Waals surface area (Å²) < 4.78 is 0. The van der Waals surface area contributed by atoms with E-state index in [1.54, 1.807) is 0 Å². The number of carbonyl (C=O) groups is 1. The molecule has 2 aliphatic rings. The van der Waals surface area contributed by atoms with Crippen LogP contribution in [0.15, 0.2) is 12.1 Å². The van der Waals surface area contributed by atoms with Crippen molar-refractivity contribution < 1.29 is 9.90 Å². The van der Waals surface area contributed by atoms with Crippen molar-refractivity contribution in [3.8, 4) is 0 Å². The largest absolute Gasteiger partial charge is 0.481 e. The highest BCUT2D eigenvalue weighted by molar-refractivity contribution is 6.30. The summed E-state index contributed by atoms with van der Waals surface area (Å²) in [4.78, 5) is 11.9. The Morgan fingerprint density at radius 1 is 1.11 bits per heavy atom. The highest BCUT2D eigenvalue weighted by Crippen LogP contribution is 2.44. The third kappa shape index (κ3) is 2.06. The average Bonchev–Trinajstić information content (AvgIpc) is 2.86. The molecule has 0 heterocycles. The van der Waals surface area contributed by atoms with Crippen LogP contribution in [-0.2, 0) is 23.1 Å². The molecule has 0 aliphatic heterocycles. The molecule has 0 radical (unpaired) electrons. The van der Waals surface area contributed by atoms with Crippen LogP contribution < -0.4 is 0 Å². The molecule has 102 valence electrons. The first kappa shape index (κ1) is 13.0. The van der Waals surface area contributed by atoms with E-state index in [9.17, 15) is 9.90 Å². The van der Waals surface area contributed by atoms with Gasteiger partial charge in [0.15, 0.2) is 0 Å². The lowest BCUT2D eigenvalue weighted by atomic mass is 9.68. The topological polar surface area (TPSA) is 37.3 Å². The van der Waals surface area contributed by atoms with Crippen molar-refractivity contribution in [3.63, 3.8) is 0 Å². The Morgan fingerprint density at radius 2 is 1.84 bits per heavy atom. The number of fused-ring (bicyclic) bond motifs is 1. The van der Waals surface area contributed by atoms with E-state index in [0.717, 1.165) is 56.9 Å². The van der Waals surface area contributed by atoms with E-state index < -0.39 is 11.4 Å². The predicted molar refractivity (Wildman–Crippen MR) is 75.9 cm³/mol. The molecule has 0 aromatic heterocycles. The van der Waals surface area contributed by atoms with Gasteiger partial charge in [0, 0.05) is 5.02 Å². The summed E-state index contributed by atoms with van der Waals surface area (Å²) in [6.45, 7) is 0. The van der Waals surface area contributed by atoms with Crippen LogP contribution >= 0.6 is 11.6 Å². The highest BCUT2D eigenvalue weighted by Gasteiger charge is 2.43. The summed E-state index contributed by atoms with van der Waals surface area (Å²) >= 11 is 6.22. The molecule has 0 bridgehead atoms. The molecular weight excluding hydrogens is 260 g/mol. The van der Waals surface area contributed by atoms with Gasteiger partial charge in [-0.3, -0.25) is 4.79 Å². The van der Waals surface area contributed by atoms with Crippen LogP contribution in [0.4, 0.5) is 0 Å². The van der Waals surface area contributed by atoms with Crippen molar-refractivity contribution in [2.75, 3.05) is 0 Å². The van der Waals surface area contributed by atoms with Crippen LogP contribution in [0.5, 0.6) is 0 Å². The summed E-state index contributed by atoms with van der Waals surface area (Å²) in [6, 6.07) is 3.94. The summed E-state index contributed by atoms with van der Waals surface area (Å²) in [5.74, 6) is -0.663. The molecule has 2 nitrogen and oxygen atoms in total. The Hall–Kier alpha value is -1.02. The van der Waals surface area contributed by atoms with Crippen molar-refractivity contribution in [1.29, 1.82) is 0 Å². The fourth-order valence-corrected chi connectivity index (χ4v) is 4.09. The van der Waals surface area contributed by atoms with Gasteiger partial charge in [-0.15, -0.1) is 0 Å². The number of carboxylic acids is 1. The standard InChI is InChI=1S/C16H19ClO2/c17-12-9-11-5-4-6-13(11)14(10-12)16(15(18)19)7-2-1-3-8-16/h9-10H,1-8H2,(H,18,19). The lowest BCUT2D eigenvalue weighted by molar-refractivity contribution is -0.145. The molecule has 2 aliphatic carbocycles. The fraction of sp³-hybridized carbons (Fsp3) is 0.562. The number of carboxylic acid groups (broad SMARTS) is 1. The molecule has 0 spiro atoms. The van der Waals surface area contributed by atoms with Gasteiger partial charge in [-0.25, -0.2) is 0 Å². The molecule has 0 saturated heterocycles. The van der Waals surface area contributed by atoms with Crippen molar-refractivity contribution in [2.45, 2.75) is 56.8 Å². The third-order valence-corrected chi connectivity index (χ3v) is 5.03. The zero-order chi connectivity index (χ0) is 13.5. The van der Waals surface area contributed by atoms with Gasteiger partial charge < -0.3 is 5.11 Å². The molecular formula is C16H19ClO2. The van der Waals surface area contributed by atoms with E-state index >= 15 is 0 Å². The van der Waals surface area contributed by atoms with Gasteiger partial charge in [-0.05, 0) is 60.9 Å². The quantitative estimate of drug-likeness (QED) is 0.884. The molecule has 0 atom stereocenters. The third-order valence-electron chi connectivity index (χ3n) is 4.81. The van der Waals surface area contributed by atoms with E-state index in [-0.39, 0.29) is 0 Å². The van der Waals surface area contributed by atoms with Gasteiger partial charge in [-0.2, -0.15) is 0 Å². The Morgan fingerprint density at radius 3 is 2.53 bits per heavy atom. The van der Waals surface area contributed by atoms with Crippen LogP contribution in [0.25, 0.3) is 0 Å². The summed E-state index contributed by atoms with van der Waals surface area (Å²) in [5, 5.41) is 10.5. The maximum absolute atomic E-state index is 11.9. The van der Waals surface area contributed by atoms with Crippen LogP contribution in [0.1, 0.15) is 55.2 Å². The number of aliphatic carboxylic acids is 1.